The molecule has 0 saturated heterocycles. The lowest BCUT2D eigenvalue weighted by Crippen LogP contribution is -2.45. The van der Waals surface area contributed by atoms with Gasteiger partial charge in [0.05, 0.1) is 19.8 Å². The lowest BCUT2D eigenvalue weighted by Gasteiger charge is -2.29. The molecule has 0 aliphatic heterocycles. The van der Waals surface area contributed by atoms with Crippen LogP contribution in [-0.4, -0.2) is 78.1 Å². The number of unbranched alkanes of at least 4 members (excludes halogenated alkanes) is 1. The summed E-state index contributed by atoms with van der Waals surface area (Å²) in [6.45, 7) is 12.1. The molecule has 0 amide bonds. The van der Waals surface area contributed by atoms with E-state index in [9.17, 15) is 0 Å². The molecule has 0 radical (unpaired) electrons. The van der Waals surface area contributed by atoms with Gasteiger partial charge in [0.1, 0.15) is 0 Å². The van der Waals surface area contributed by atoms with Gasteiger partial charge in [-0.2, -0.15) is 0 Å². The van der Waals surface area contributed by atoms with E-state index < -0.39 is 0 Å². The fourth-order valence-electron chi connectivity index (χ4n) is 2.27. The third-order valence-corrected chi connectivity index (χ3v) is 3.26. The molecule has 0 bridgehead atoms. The summed E-state index contributed by atoms with van der Waals surface area (Å²) >= 11 is 0. The maximum Gasteiger partial charge on any atom is 0.191 e. The van der Waals surface area contributed by atoms with Crippen molar-refractivity contribution in [2.24, 2.45) is 10.4 Å². The van der Waals surface area contributed by atoms with Crippen molar-refractivity contribution in [3.8, 4) is 0 Å². The quantitative estimate of drug-likeness (QED) is 0.305. The van der Waals surface area contributed by atoms with Gasteiger partial charge in [-0.3, -0.25) is 4.99 Å². The summed E-state index contributed by atoms with van der Waals surface area (Å²) in [6, 6.07) is 0. The summed E-state index contributed by atoms with van der Waals surface area (Å²) in [5.41, 5.74) is 0.188. The van der Waals surface area contributed by atoms with Crippen molar-refractivity contribution in [2.45, 2.75) is 33.6 Å². The zero-order chi connectivity index (χ0) is 17.6. The molecule has 0 aliphatic rings. The Morgan fingerprint density at radius 2 is 1.70 bits per heavy atom. The molecule has 0 fully saturated rings. The van der Waals surface area contributed by atoms with Crippen LogP contribution in [0.3, 0.4) is 0 Å². The number of hydrogen-bond donors (Lipinski definition) is 2. The van der Waals surface area contributed by atoms with Gasteiger partial charge in [-0.05, 0) is 25.9 Å². The smallest absolute Gasteiger partial charge is 0.191 e. The Balaban J connectivity index is 3.67. The van der Waals surface area contributed by atoms with Crippen LogP contribution in [0.2, 0.25) is 0 Å². The second-order valence-corrected chi connectivity index (χ2v) is 6.83. The minimum Gasteiger partial charge on any atom is -0.379 e. The van der Waals surface area contributed by atoms with Gasteiger partial charge in [0, 0.05) is 33.3 Å². The van der Waals surface area contributed by atoms with Crippen molar-refractivity contribution in [3.05, 3.63) is 0 Å². The predicted octanol–water partition coefficient (Wildman–Crippen LogP) is 1.57. The van der Waals surface area contributed by atoms with Crippen molar-refractivity contribution in [1.82, 2.24) is 15.5 Å². The van der Waals surface area contributed by atoms with Gasteiger partial charge >= 0.3 is 0 Å². The van der Waals surface area contributed by atoms with Crippen molar-refractivity contribution in [2.75, 3.05) is 67.2 Å². The summed E-state index contributed by atoms with van der Waals surface area (Å²) in [5.74, 6) is 0.819. The third kappa shape index (κ3) is 14.5. The molecule has 6 heteroatoms. The van der Waals surface area contributed by atoms with E-state index in [4.69, 9.17) is 9.47 Å². The molecule has 0 aromatic rings. The molecule has 2 N–H and O–H groups in total. The summed E-state index contributed by atoms with van der Waals surface area (Å²) in [6.07, 6.45) is 2.29. The highest BCUT2D eigenvalue weighted by molar-refractivity contribution is 5.79. The molecule has 0 aromatic heterocycles. The Morgan fingerprint density at radius 1 is 1.04 bits per heavy atom. The van der Waals surface area contributed by atoms with Gasteiger partial charge in [-0.25, -0.2) is 0 Å². The number of guanidine groups is 1. The number of aliphatic imine (C=N–C) groups is 1. The van der Waals surface area contributed by atoms with E-state index in [1.807, 2.05) is 0 Å². The molecule has 0 unspecified atom stereocenters. The minimum atomic E-state index is 0.188. The Morgan fingerprint density at radius 3 is 2.26 bits per heavy atom. The molecule has 0 spiro atoms. The monoisotopic (exact) mass is 330 g/mol. The van der Waals surface area contributed by atoms with Gasteiger partial charge in [0.2, 0.25) is 0 Å². The molecule has 23 heavy (non-hydrogen) atoms. The maximum atomic E-state index is 5.53. The van der Waals surface area contributed by atoms with Crippen LogP contribution < -0.4 is 10.6 Å². The van der Waals surface area contributed by atoms with Crippen LogP contribution in [0.15, 0.2) is 4.99 Å². The first-order valence-corrected chi connectivity index (χ1v) is 8.66. The van der Waals surface area contributed by atoms with Crippen molar-refractivity contribution in [3.63, 3.8) is 0 Å². The second-order valence-electron chi connectivity index (χ2n) is 6.83. The second kappa shape index (κ2) is 13.6. The standard InChI is InChI=1S/C17H38N4O2/c1-7-8-10-22-12-13-23-11-9-19-16(18-4)20-14-17(2,3)15-21(5)6/h7-15H2,1-6H3,(H2,18,19,20). The highest BCUT2D eigenvalue weighted by Gasteiger charge is 2.19. The van der Waals surface area contributed by atoms with Crippen LogP contribution in [0.4, 0.5) is 0 Å². The minimum absolute atomic E-state index is 0.188. The first kappa shape index (κ1) is 22.1. The van der Waals surface area contributed by atoms with Crippen molar-refractivity contribution < 1.29 is 9.47 Å². The largest absolute Gasteiger partial charge is 0.379 e. The number of nitrogens with one attached hydrogen (secondary N) is 2. The molecule has 0 saturated carbocycles. The average molecular weight is 331 g/mol. The fourth-order valence-corrected chi connectivity index (χ4v) is 2.27. The molecule has 0 rings (SSSR count). The number of hydrogen-bond acceptors (Lipinski definition) is 4. The topological polar surface area (TPSA) is 58.1 Å². The van der Waals surface area contributed by atoms with E-state index in [1.165, 1.54) is 6.42 Å². The molecule has 0 aliphatic carbocycles. The number of ether oxygens (including phenoxy) is 2. The van der Waals surface area contributed by atoms with Crippen molar-refractivity contribution >= 4 is 5.96 Å². The molecule has 0 heterocycles. The van der Waals surface area contributed by atoms with Crippen LogP contribution >= 0.6 is 0 Å². The third-order valence-electron chi connectivity index (χ3n) is 3.26. The SMILES string of the molecule is CCCCOCCOCCNC(=NC)NCC(C)(C)CN(C)C. The van der Waals surface area contributed by atoms with Crippen LogP contribution in [0.1, 0.15) is 33.6 Å². The molecule has 0 aromatic carbocycles. The molecule has 6 nitrogen and oxygen atoms in total. The first-order valence-electron chi connectivity index (χ1n) is 8.66. The Kier molecular flexibility index (Phi) is 13.1. The van der Waals surface area contributed by atoms with Crippen LogP contribution in [0, 0.1) is 5.41 Å². The maximum absolute atomic E-state index is 5.53. The van der Waals surface area contributed by atoms with E-state index >= 15 is 0 Å². The Bertz CT molecular complexity index is 307. The van der Waals surface area contributed by atoms with Crippen LogP contribution in [0.5, 0.6) is 0 Å². The highest BCUT2D eigenvalue weighted by Crippen LogP contribution is 2.13. The first-order chi connectivity index (χ1) is 10.9. The molecule has 0 atom stereocenters. The summed E-state index contributed by atoms with van der Waals surface area (Å²) in [5, 5.41) is 6.64. The normalized spacial score (nSPS) is 12.7. The van der Waals surface area contributed by atoms with Gasteiger partial charge in [0.25, 0.3) is 0 Å². The van der Waals surface area contributed by atoms with Gasteiger partial charge in [-0.15, -0.1) is 0 Å². The van der Waals surface area contributed by atoms with Crippen LogP contribution in [-0.2, 0) is 9.47 Å². The molecule has 138 valence electrons. The molecular formula is C17H38N4O2. The highest BCUT2D eigenvalue weighted by atomic mass is 16.5. The van der Waals surface area contributed by atoms with Gasteiger partial charge < -0.3 is 25.0 Å². The number of rotatable bonds is 13. The van der Waals surface area contributed by atoms with E-state index in [1.54, 1.807) is 7.05 Å². The predicted molar refractivity (Wildman–Crippen MR) is 98.2 cm³/mol. The van der Waals surface area contributed by atoms with E-state index in [2.05, 4.69) is 55.4 Å². The lowest BCUT2D eigenvalue weighted by atomic mass is 9.93. The number of nitrogens with zero attached hydrogens (tertiary/aromatic N) is 2. The average Bonchev–Trinajstić information content (AvgIpc) is 2.47. The van der Waals surface area contributed by atoms with E-state index in [0.29, 0.717) is 19.8 Å². The van der Waals surface area contributed by atoms with Gasteiger partial charge in [-0.1, -0.05) is 27.2 Å². The fraction of sp³-hybridized carbons (Fsp3) is 0.941. The zero-order valence-electron chi connectivity index (χ0n) is 16.1. The summed E-state index contributed by atoms with van der Waals surface area (Å²) in [7, 11) is 5.98. The van der Waals surface area contributed by atoms with E-state index in [-0.39, 0.29) is 5.41 Å². The summed E-state index contributed by atoms with van der Waals surface area (Å²) < 4.78 is 11.0. The Labute approximate surface area is 143 Å². The summed E-state index contributed by atoms with van der Waals surface area (Å²) in [4.78, 5) is 6.44. The zero-order valence-corrected chi connectivity index (χ0v) is 16.1. The molecular weight excluding hydrogens is 292 g/mol. The lowest BCUT2D eigenvalue weighted by molar-refractivity contribution is 0.0487. The Hall–Kier alpha value is -0.850. The van der Waals surface area contributed by atoms with E-state index in [0.717, 1.165) is 38.6 Å². The van der Waals surface area contributed by atoms with Crippen LogP contribution in [0.25, 0.3) is 0 Å². The van der Waals surface area contributed by atoms with Gasteiger partial charge in [0.15, 0.2) is 5.96 Å². The van der Waals surface area contributed by atoms with Crippen molar-refractivity contribution in [1.29, 1.82) is 0 Å².